The van der Waals surface area contributed by atoms with E-state index in [0.717, 1.165) is 17.0 Å². The first-order chi connectivity index (χ1) is 15.0. The van der Waals surface area contributed by atoms with Gasteiger partial charge in [0.25, 0.3) is 5.69 Å². The van der Waals surface area contributed by atoms with E-state index in [1.165, 1.54) is 12.1 Å². The molecule has 0 saturated heterocycles. The van der Waals surface area contributed by atoms with Crippen molar-refractivity contribution in [2.24, 2.45) is 0 Å². The molecular weight excluding hydrogens is 396 g/mol. The maximum Gasteiger partial charge on any atom is 0.339 e. The first-order valence-electron chi connectivity index (χ1n) is 9.57. The van der Waals surface area contributed by atoms with Crippen LogP contribution in [-0.4, -0.2) is 21.7 Å². The van der Waals surface area contributed by atoms with Crippen molar-refractivity contribution in [3.05, 3.63) is 111 Å². The van der Waals surface area contributed by atoms with E-state index in [9.17, 15) is 19.7 Å². The van der Waals surface area contributed by atoms with Gasteiger partial charge in [-0.25, -0.2) is 4.79 Å². The molecule has 3 aromatic carbocycles. The lowest BCUT2D eigenvalue weighted by atomic mass is 9.99. The van der Waals surface area contributed by atoms with Crippen LogP contribution in [-0.2, 0) is 4.74 Å². The fourth-order valence-corrected chi connectivity index (χ4v) is 3.43. The van der Waals surface area contributed by atoms with Crippen LogP contribution in [0.4, 0.5) is 5.69 Å². The van der Waals surface area contributed by atoms with E-state index in [-0.39, 0.29) is 11.3 Å². The number of hydrogen-bond acceptors (Lipinski definition) is 5. The lowest BCUT2D eigenvalue weighted by Crippen LogP contribution is -2.20. The molecule has 0 amide bonds. The molecule has 0 radical (unpaired) electrons. The maximum atomic E-state index is 13.4. The van der Waals surface area contributed by atoms with Gasteiger partial charge in [-0.05, 0) is 19.1 Å². The number of hydrogen-bond donors (Lipinski definition) is 1. The number of fused-ring (bicyclic) bond motifs is 1. The second-order valence-corrected chi connectivity index (χ2v) is 7.07. The number of esters is 1. The number of aryl methyl sites for hydroxylation is 1. The molecule has 0 spiro atoms. The number of aromatic nitrogens is 1. The number of para-hydroxylation sites is 1. The monoisotopic (exact) mass is 414 g/mol. The highest BCUT2D eigenvalue weighted by molar-refractivity contribution is 6.11. The van der Waals surface area contributed by atoms with E-state index in [4.69, 9.17) is 4.74 Å². The largest absolute Gasteiger partial charge is 0.445 e. The number of carbonyl (C=O) groups is 2. The molecule has 154 valence electrons. The maximum absolute atomic E-state index is 13.4. The van der Waals surface area contributed by atoms with Crippen LogP contribution < -0.4 is 0 Å². The highest BCUT2D eigenvalue weighted by Crippen LogP contribution is 2.29. The number of nitro benzene ring substituents is 1. The van der Waals surface area contributed by atoms with Gasteiger partial charge in [-0.3, -0.25) is 14.9 Å². The Morgan fingerprint density at radius 3 is 2.45 bits per heavy atom. The highest BCUT2D eigenvalue weighted by Gasteiger charge is 2.29. The van der Waals surface area contributed by atoms with Gasteiger partial charge in [0.2, 0.25) is 5.78 Å². The molecule has 7 nitrogen and oxygen atoms in total. The van der Waals surface area contributed by atoms with Crippen molar-refractivity contribution in [2.75, 3.05) is 0 Å². The van der Waals surface area contributed by atoms with Crippen LogP contribution in [0.25, 0.3) is 10.9 Å². The van der Waals surface area contributed by atoms with E-state index in [2.05, 4.69) is 4.98 Å². The van der Waals surface area contributed by atoms with Crippen LogP contribution >= 0.6 is 0 Å². The summed E-state index contributed by atoms with van der Waals surface area (Å²) >= 11 is 0. The second kappa shape index (κ2) is 8.23. The van der Waals surface area contributed by atoms with E-state index < -0.39 is 22.8 Å². The van der Waals surface area contributed by atoms with Crippen molar-refractivity contribution in [3.8, 4) is 0 Å². The third kappa shape index (κ3) is 3.93. The number of ether oxygens (including phenoxy) is 1. The molecule has 1 heterocycles. The van der Waals surface area contributed by atoms with Crippen LogP contribution in [0, 0.1) is 17.0 Å². The van der Waals surface area contributed by atoms with Crippen molar-refractivity contribution < 1.29 is 19.2 Å². The van der Waals surface area contributed by atoms with Crippen LogP contribution in [0.15, 0.2) is 79.0 Å². The van der Waals surface area contributed by atoms with Gasteiger partial charge in [0.15, 0.2) is 6.10 Å². The molecule has 1 N–H and O–H groups in total. The van der Waals surface area contributed by atoms with Gasteiger partial charge in [0.1, 0.15) is 0 Å². The number of nitrogens with zero attached hydrogens (tertiary/aromatic N) is 1. The SMILES string of the molecule is Cc1ccc(C(=O)O[C@@H](C(=O)c2c[nH]c3ccccc23)c2ccccc2)cc1[N+](=O)[O-]. The predicted octanol–water partition coefficient (Wildman–Crippen LogP) is 5.17. The van der Waals surface area contributed by atoms with Gasteiger partial charge >= 0.3 is 5.97 Å². The van der Waals surface area contributed by atoms with Gasteiger partial charge in [0.05, 0.1) is 10.5 Å². The fourth-order valence-electron chi connectivity index (χ4n) is 3.43. The normalized spacial score (nSPS) is 11.8. The van der Waals surface area contributed by atoms with Gasteiger partial charge in [-0.1, -0.05) is 54.6 Å². The molecule has 1 aromatic heterocycles. The number of carbonyl (C=O) groups excluding carboxylic acids is 2. The molecular formula is C24H18N2O5. The lowest BCUT2D eigenvalue weighted by Gasteiger charge is -2.17. The third-order valence-electron chi connectivity index (χ3n) is 5.06. The summed E-state index contributed by atoms with van der Waals surface area (Å²) in [7, 11) is 0. The molecule has 4 aromatic rings. The molecule has 1 atom stereocenters. The number of rotatable bonds is 6. The van der Waals surface area contributed by atoms with Gasteiger partial charge in [0, 0.05) is 39.9 Å². The minimum absolute atomic E-state index is 0.00459. The molecule has 0 aliphatic rings. The van der Waals surface area contributed by atoms with E-state index in [0.29, 0.717) is 16.7 Å². The smallest absolute Gasteiger partial charge is 0.339 e. The summed E-state index contributed by atoms with van der Waals surface area (Å²) in [5.41, 5.74) is 1.94. The number of Topliss-reactive ketones (excluding diaryl/α,β-unsaturated/α-hetero) is 1. The van der Waals surface area contributed by atoms with Crippen LogP contribution in [0.1, 0.15) is 37.9 Å². The molecule has 0 aliphatic carbocycles. The van der Waals surface area contributed by atoms with Crippen molar-refractivity contribution in [2.45, 2.75) is 13.0 Å². The summed E-state index contributed by atoms with van der Waals surface area (Å²) in [6.07, 6.45) is 0.390. The standard InChI is InChI=1S/C24H18N2O5/c1-15-11-12-17(13-21(15)26(29)30)24(28)31-23(16-7-3-2-4-8-16)22(27)19-14-25-20-10-6-5-9-18(19)20/h2-14,23,25H,1H3/t23-/m1/s1. The zero-order valence-electron chi connectivity index (χ0n) is 16.6. The summed E-state index contributed by atoms with van der Waals surface area (Å²) in [6, 6.07) is 20.1. The fraction of sp³-hybridized carbons (Fsp3) is 0.0833. The molecule has 31 heavy (non-hydrogen) atoms. The Balaban J connectivity index is 1.71. The molecule has 0 aliphatic heterocycles. The highest BCUT2D eigenvalue weighted by atomic mass is 16.6. The molecule has 0 bridgehead atoms. The Hall–Kier alpha value is -4.26. The molecule has 0 saturated carbocycles. The Bertz CT molecular complexity index is 1290. The second-order valence-electron chi connectivity index (χ2n) is 7.07. The van der Waals surface area contributed by atoms with Crippen molar-refractivity contribution in [1.82, 2.24) is 4.98 Å². The summed E-state index contributed by atoms with van der Waals surface area (Å²) in [5, 5.41) is 11.9. The van der Waals surface area contributed by atoms with Crippen molar-refractivity contribution in [1.29, 1.82) is 0 Å². The van der Waals surface area contributed by atoms with Crippen molar-refractivity contribution in [3.63, 3.8) is 0 Å². The first kappa shape index (κ1) is 20.0. The van der Waals surface area contributed by atoms with E-state index in [1.807, 2.05) is 24.3 Å². The Morgan fingerprint density at radius 2 is 1.71 bits per heavy atom. The Labute approximate surface area is 177 Å². The molecule has 0 fully saturated rings. The van der Waals surface area contributed by atoms with E-state index >= 15 is 0 Å². The number of benzene rings is 3. The average Bonchev–Trinajstić information content (AvgIpc) is 3.22. The van der Waals surface area contributed by atoms with Crippen LogP contribution in [0.5, 0.6) is 0 Å². The molecule has 0 unspecified atom stereocenters. The minimum Gasteiger partial charge on any atom is -0.445 e. The number of ketones is 1. The summed E-state index contributed by atoms with van der Waals surface area (Å²) in [5.74, 6) is -1.20. The number of nitrogens with one attached hydrogen (secondary N) is 1. The number of aromatic amines is 1. The van der Waals surface area contributed by atoms with Crippen LogP contribution in [0.3, 0.4) is 0 Å². The summed E-state index contributed by atoms with van der Waals surface area (Å²) in [6.45, 7) is 1.58. The van der Waals surface area contributed by atoms with Gasteiger partial charge in [-0.2, -0.15) is 0 Å². The first-order valence-corrected chi connectivity index (χ1v) is 9.57. The molecule has 4 rings (SSSR count). The van der Waals surface area contributed by atoms with Gasteiger partial charge < -0.3 is 9.72 Å². The quantitative estimate of drug-likeness (QED) is 0.203. The Kier molecular flexibility index (Phi) is 5.32. The number of nitro groups is 1. The Morgan fingerprint density at radius 1 is 1.00 bits per heavy atom. The van der Waals surface area contributed by atoms with Crippen LogP contribution in [0.2, 0.25) is 0 Å². The minimum atomic E-state index is -1.20. The zero-order valence-corrected chi connectivity index (χ0v) is 16.6. The zero-order chi connectivity index (χ0) is 22.0. The van der Waals surface area contributed by atoms with Crippen molar-refractivity contribution >= 4 is 28.3 Å². The average molecular weight is 414 g/mol. The van der Waals surface area contributed by atoms with Gasteiger partial charge in [-0.15, -0.1) is 0 Å². The lowest BCUT2D eigenvalue weighted by molar-refractivity contribution is -0.385. The third-order valence-corrected chi connectivity index (χ3v) is 5.06. The van der Waals surface area contributed by atoms with E-state index in [1.54, 1.807) is 43.5 Å². The predicted molar refractivity (Wildman–Crippen MR) is 115 cm³/mol. The summed E-state index contributed by atoms with van der Waals surface area (Å²) in [4.78, 5) is 40.0. The topological polar surface area (TPSA) is 102 Å². The molecule has 7 heteroatoms. The number of H-pyrrole nitrogens is 1. The summed E-state index contributed by atoms with van der Waals surface area (Å²) < 4.78 is 5.61.